The summed E-state index contributed by atoms with van der Waals surface area (Å²) in [5, 5.41) is 11.6. The Kier molecular flexibility index (Phi) is 3.66. The molecule has 106 valence electrons. The van der Waals surface area contributed by atoms with Crippen molar-refractivity contribution in [2.75, 3.05) is 5.73 Å². The summed E-state index contributed by atoms with van der Waals surface area (Å²) in [6.07, 6.45) is 0. The molecule has 0 aliphatic carbocycles. The second kappa shape index (κ2) is 5.61. The van der Waals surface area contributed by atoms with E-state index in [0.717, 1.165) is 10.0 Å². The minimum absolute atomic E-state index is 0.334. The van der Waals surface area contributed by atoms with Gasteiger partial charge in [0.15, 0.2) is 5.82 Å². The van der Waals surface area contributed by atoms with E-state index in [9.17, 15) is 4.39 Å². The molecule has 7 heteroatoms. The minimum Gasteiger partial charge on any atom is -0.399 e. The van der Waals surface area contributed by atoms with E-state index in [1.165, 1.54) is 12.1 Å². The number of aromatic nitrogens is 4. The molecule has 0 saturated heterocycles. The van der Waals surface area contributed by atoms with Crippen molar-refractivity contribution in [3.8, 4) is 11.4 Å². The summed E-state index contributed by atoms with van der Waals surface area (Å²) in [6.45, 7) is 0.472. The van der Waals surface area contributed by atoms with E-state index >= 15 is 0 Å². The van der Waals surface area contributed by atoms with Gasteiger partial charge in [0.1, 0.15) is 5.82 Å². The van der Waals surface area contributed by atoms with Gasteiger partial charge in [-0.3, -0.25) is 0 Å². The lowest BCUT2D eigenvalue weighted by Crippen LogP contribution is -2.05. The zero-order valence-electron chi connectivity index (χ0n) is 10.9. The lowest BCUT2D eigenvalue weighted by Gasteiger charge is -2.07. The second-order valence-corrected chi connectivity index (χ2v) is 5.38. The van der Waals surface area contributed by atoms with Gasteiger partial charge in [-0.05, 0) is 40.3 Å². The van der Waals surface area contributed by atoms with Gasteiger partial charge in [-0.15, -0.1) is 5.10 Å². The molecule has 0 aliphatic heterocycles. The Hall–Kier alpha value is -2.28. The van der Waals surface area contributed by atoms with Crippen molar-refractivity contribution in [3.05, 3.63) is 58.3 Å². The first-order valence-corrected chi connectivity index (χ1v) is 6.99. The fourth-order valence-electron chi connectivity index (χ4n) is 2.05. The highest BCUT2D eigenvalue weighted by atomic mass is 79.9. The molecule has 1 aromatic heterocycles. The quantitative estimate of drug-likeness (QED) is 0.739. The molecule has 3 rings (SSSR count). The predicted octanol–water partition coefficient (Wildman–Crippen LogP) is 2.87. The molecule has 0 atom stereocenters. The number of nitrogens with zero attached hydrogens (tertiary/aromatic N) is 4. The summed E-state index contributed by atoms with van der Waals surface area (Å²) in [6, 6.07) is 12.0. The van der Waals surface area contributed by atoms with Crippen LogP contribution >= 0.6 is 15.9 Å². The van der Waals surface area contributed by atoms with E-state index in [0.29, 0.717) is 23.6 Å². The Morgan fingerprint density at radius 3 is 2.76 bits per heavy atom. The third-order valence-electron chi connectivity index (χ3n) is 2.99. The molecule has 0 saturated carbocycles. The summed E-state index contributed by atoms with van der Waals surface area (Å²) in [5.41, 5.74) is 7.57. The van der Waals surface area contributed by atoms with Gasteiger partial charge in [0.05, 0.1) is 6.54 Å². The summed E-state index contributed by atoms with van der Waals surface area (Å²) >= 11 is 3.48. The maximum absolute atomic E-state index is 13.5. The smallest absolute Gasteiger partial charge is 0.182 e. The molecule has 2 N–H and O–H groups in total. The zero-order chi connectivity index (χ0) is 14.8. The molecule has 0 bridgehead atoms. The second-order valence-electron chi connectivity index (χ2n) is 4.52. The maximum atomic E-state index is 13.5. The van der Waals surface area contributed by atoms with Crippen LogP contribution in [0.1, 0.15) is 5.56 Å². The topological polar surface area (TPSA) is 69.6 Å². The Labute approximate surface area is 128 Å². The molecule has 0 radical (unpaired) electrons. The van der Waals surface area contributed by atoms with Crippen LogP contribution in [0.3, 0.4) is 0 Å². The molecule has 0 amide bonds. The van der Waals surface area contributed by atoms with Gasteiger partial charge in [-0.25, -0.2) is 9.07 Å². The first kappa shape index (κ1) is 13.7. The molecular weight excluding hydrogens is 337 g/mol. The van der Waals surface area contributed by atoms with Gasteiger partial charge in [-0.1, -0.05) is 34.1 Å². The van der Waals surface area contributed by atoms with E-state index in [2.05, 4.69) is 31.5 Å². The number of rotatable bonds is 3. The van der Waals surface area contributed by atoms with Gasteiger partial charge >= 0.3 is 0 Å². The normalized spacial score (nSPS) is 10.8. The van der Waals surface area contributed by atoms with Crippen LogP contribution in [0, 0.1) is 5.82 Å². The van der Waals surface area contributed by atoms with Crippen LogP contribution in [0.5, 0.6) is 0 Å². The molecule has 0 fully saturated rings. The van der Waals surface area contributed by atoms with Crippen molar-refractivity contribution < 1.29 is 4.39 Å². The standard InChI is InChI=1S/C14H11BrFN5/c15-13-4-2-1-3-9(13)8-21-14(18-19-20-21)10-5-11(16)7-12(17)6-10/h1-7H,8,17H2. The summed E-state index contributed by atoms with van der Waals surface area (Å²) in [5.74, 6) is 0.0531. The first-order valence-electron chi connectivity index (χ1n) is 6.19. The first-order chi connectivity index (χ1) is 10.1. The van der Waals surface area contributed by atoms with Crippen molar-refractivity contribution >= 4 is 21.6 Å². The number of hydrogen-bond donors (Lipinski definition) is 1. The molecule has 21 heavy (non-hydrogen) atoms. The van der Waals surface area contributed by atoms with E-state index < -0.39 is 5.82 Å². The number of halogens is 2. The van der Waals surface area contributed by atoms with Crippen LogP contribution in [-0.2, 0) is 6.54 Å². The number of anilines is 1. The van der Waals surface area contributed by atoms with Gasteiger partial charge in [0.25, 0.3) is 0 Å². The SMILES string of the molecule is Nc1cc(F)cc(-c2nnnn2Cc2ccccc2Br)c1. The average molecular weight is 348 g/mol. The predicted molar refractivity (Wildman–Crippen MR) is 80.9 cm³/mol. The fourth-order valence-corrected chi connectivity index (χ4v) is 2.46. The van der Waals surface area contributed by atoms with Gasteiger partial charge in [0, 0.05) is 15.7 Å². The average Bonchev–Trinajstić information content (AvgIpc) is 2.88. The zero-order valence-corrected chi connectivity index (χ0v) is 12.5. The summed E-state index contributed by atoms with van der Waals surface area (Å²) < 4.78 is 16.0. The third kappa shape index (κ3) is 2.92. The lowest BCUT2D eigenvalue weighted by molar-refractivity contribution is 0.627. The van der Waals surface area contributed by atoms with Crippen LogP contribution in [0.2, 0.25) is 0 Å². The van der Waals surface area contributed by atoms with Crippen molar-refractivity contribution in [1.29, 1.82) is 0 Å². The molecule has 1 heterocycles. The molecular formula is C14H11BrFN5. The van der Waals surface area contributed by atoms with E-state index in [1.807, 2.05) is 24.3 Å². The van der Waals surface area contributed by atoms with Gasteiger partial charge in [0.2, 0.25) is 0 Å². The molecule has 0 unspecified atom stereocenters. The Balaban J connectivity index is 1.99. The van der Waals surface area contributed by atoms with E-state index in [-0.39, 0.29) is 0 Å². The molecule has 0 aliphatic rings. The van der Waals surface area contributed by atoms with Crippen molar-refractivity contribution in [3.63, 3.8) is 0 Å². The number of nitrogen functional groups attached to an aromatic ring is 1. The monoisotopic (exact) mass is 347 g/mol. The Morgan fingerprint density at radius 2 is 2.00 bits per heavy atom. The van der Waals surface area contributed by atoms with Crippen LogP contribution in [0.15, 0.2) is 46.9 Å². The van der Waals surface area contributed by atoms with Gasteiger partial charge in [-0.2, -0.15) is 0 Å². The molecule has 3 aromatic rings. The van der Waals surface area contributed by atoms with Crippen LogP contribution in [-0.4, -0.2) is 20.2 Å². The van der Waals surface area contributed by atoms with Crippen LogP contribution in [0.25, 0.3) is 11.4 Å². The Morgan fingerprint density at radius 1 is 1.19 bits per heavy atom. The van der Waals surface area contributed by atoms with Crippen LogP contribution in [0.4, 0.5) is 10.1 Å². The Bertz CT molecular complexity index is 766. The minimum atomic E-state index is -0.416. The highest BCUT2D eigenvalue weighted by Crippen LogP contribution is 2.23. The van der Waals surface area contributed by atoms with Crippen molar-refractivity contribution in [2.45, 2.75) is 6.54 Å². The maximum Gasteiger partial charge on any atom is 0.182 e. The van der Waals surface area contributed by atoms with Crippen molar-refractivity contribution in [2.24, 2.45) is 0 Å². The van der Waals surface area contributed by atoms with Gasteiger partial charge < -0.3 is 5.73 Å². The molecule has 2 aromatic carbocycles. The van der Waals surface area contributed by atoms with Crippen molar-refractivity contribution in [1.82, 2.24) is 20.2 Å². The number of hydrogen-bond acceptors (Lipinski definition) is 4. The van der Waals surface area contributed by atoms with Crippen LogP contribution < -0.4 is 5.73 Å². The molecule has 5 nitrogen and oxygen atoms in total. The largest absolute Gasteiger partial charge is 0.399 e. The number of nitrogens with two attached hydrogens (primary N) is 1. The summed E-state index contributed by atoms with van der Waals surface area (Å²) in [7, 11) is 0. The fraction of sp³-hybridized carbons (Fsp3) is 0.0714. The highest BCUT2D eigenvalue weighted by molar-refractivity contribution is 9.10. The molecule has 0 spiro atoms. The highest BCUT2D eigenvalue weighted by Gasteiger charge is 2.12. The number of tetrazole rings is 1. The number of benzene rings is 2. The lowest BCUT2D eigenvalue weighted by atomic mass is 10.1. The van der Waals surface area contributed by atoms with E-state index in [4.69, 9.17) is 5.73 Å². The van der Waals surface area contributed by atoms with E-state index in [1.54, 1.807) is 10.7 Å². The third-order valence-corrected chi connectivity index (χ3v) is 3.76. The summed E-state index contributed by atoms with van der Waals surface area (Å²) in [4.78, 5) is 0.